The fraction of sp³-hybridized carbons (Fsp3) is 0.400. The summed E-state index contributed by atoms with van der Waals surface area (Å²) in [5.41, 5.74) is 1.66. The van der Waals surface area contributed by atoms with E-state index in [1.165, 1.54) is 0 Å². The van der Waals surface area contributed by atoms with E-state index < -0.39 is 0 Å². The summed E-state index contributed by atoms with van der Waals surface area (Å²) in [5, 5.41) is 26.4. The lowest BCUT2D eigenvalue weighted by atomic mass is 10.2. The van der Waals surface area contributed by atoms with E-state index in [2.05, 4.69) is 15.2 Å². The van der Waals surface area contributed by atoms with Gasteiger partial charge in [-0.2, -0.15) is 0 Å². The molecule has 0 fully saturated rings. The van der Waals surface area contributed by atoms with E-state index >= 15 is 0 Å². The van der Waals surface area contributed by atoms with Crippen molar-refractivity contribution >= 4 is 17.2 Å². The van der Waals surface area contributed by atoms with Gasteiger partial charge in [0.05, 0.1) is 18.9 Å². The number of rotatable bonds is 6. The Morgan fingerprint density at radius 3 is 2.36 bits per heavy atom. The number of nitrogens with zero attached hydrogens (tertiary/aromatic N) is 5. The summed E-state index contributed by atoms with van der Waals surface area (Å²) in [6.45, 7) is 1.64. The highest BCUT2D eigenvalue weighted by atomic mass is 16.3. The third-order valence-corrected chi connectivity index (χ3v) is 3.16. The fourth-order valence-electron chi connectivity index (χ4n) is 1.99. The number of benzene rings is 1. The van der Waals surface area contributed by atoms with Crippen LogP contribution in [0.3, 0.4) is 0 Å². The van der Waals surface area contributed by atoms with E-state index in [1.54, 1.807) is 0 Å². The molecular formula is C15H21N5O2. The molecule has 1 aromatic rings. The first-order valence-electron chi connectivity index (χ1n) is 7.14. The largest absolute Gasteiger partial charge is 0.395 e. The van der Waals surface area contributed by atoms with Gasteiger partial charge in [-0.1, -0.05) is 0 Å². The Hall–Kier alpha value is -2.25. The Morgan fingerprint density at radius 1 is 1.14 bits per heavy atom. The summed E-state index contributed by atoms with van der Waals surface area (Å²) < 4.78 is 0. The van der Waals surface area contributed by atoms with Gasteiger partial charge in [-0.15, -0.1) is 10.2 Å². The molecule has 2 rings (SSSR count). The van der Waals surface area contributed by atoms with Crippen molar-refractivity contribution in [1.29, 1.82) is 0 Å². The molecule has 0 radical (unpaired) electrons. The maximum absolute atomic E-state index is 9.05. The minimum atomic E-state index is 0.0437. The van der Waals surface area contributed by atoms with E-state index in [-0.39, 0.29) is 13.2 Å². The van der Waals surface area contributed by atoms with Crippen LogP contribution in [-0.4, -0.2) is 61.0 Å². The molecule has 1 aromatic carbocycles. The molecule has 0 unspecified atom stereocenters. The highest BCUT2D eigenvalue weighted by molar-refractivity contribution is 5.93. The maximum atomic E-state index is 9.05. The number of aliphatic hydroxyl groups excluding tert-OH is 2. The third kappa shape index (κ3) is 4.64. The quantitative estimate of drug-likeness (QED) is 0.778. The lowest BCUT2D eigenvalue weighted by molar-refractivity contribution is 0.281. The summed E-state index contributed by atoms with van der Waals surface area (Å²) in [6.07, 6.45) is 3.72. The van der Waals surface area contributed by atoms with Crippen molar-refractivity contribution in [3.05, 3.63) is 36.5 Å². The van der Waals surface area contributed by atoms with Gasteiger partial charge in [0.25, 0.3) is 0 Å². The number of hydrogen-bond acceptors (Lipinski definition) is 7. The molecule has 0 amide bonds. The molecule has 0 spiro atoms. The average Bonchev–Trinajstić information content (AvgIpc) is 2.55. The minimum absolute atomic E-state index is 0.0437. The van der Waals surface area contributed by atoms with Crippen LogP contribution in [0.4, 0.5) is 11.4 Å². The molecular weight excluding hydrogens is 282 g/mol. The van der Waals surface area contributed by atoms with Gasteiger partial charge in [0, 0.05) is 38.1 Å². The van der Waals surface area contributed by atoms with Crippen LogP contribution in [0, 0.1) is 0 Å². The van der Waals surface area contributed by atoms with Crippen LogP contribution in [0.1, 0.15) is 0 Å². The Morgan fingerprint density at radius 2 is 1.82 bits per heavy atom. The number of aliphatic imine (C=N–C) groups is 1. The molecule has 118 valence electrons. The summed E-state index contributed by atoms with van der Waals surface area (Å²) in [6, 6.07) is 7.48. The lowest BCUT2D eigenvalue weighted by Crippen LogP contribution is -2.29. The molecule has 0 atom stereocenters. The standard InChI is InChI=1S/C15H21N5O2/c1-19-7-6-15(16-12-19)18-17-13-2-4-14(5-3-13)20(8-10-21)9-11-22/h2-7,21-22H,8-12H2,1H3. The van der Waals surface area contributed by atoms with Crippen LogP contribution in [-0.2, 0) is 0 Å². The van der Waals surface area contributed by atoms with E-state index in [4.69, 9.17) is 10.2 Å². The molecule has 0 bridgehead atoms. The second-order valence-electron chi connectivity index (χ2n) is 4.88. The molecule has 22 heavy (non-hydrogen) atoms. The van der Waals surface area contributed by atoms with E-state index in [1.807, 2.05) is 53.4 Å². The Kier molecular flexibility index (Phi) is 6.05. The minimum Gasteiger partial charge on any atom is -0.395 e. The second kappa shape index (κ2) is 8.26. The van der Waals surface area contributed by atoms with Gasteiger partial charge in [0.1, 0.15) is 6.67 Å². The monoisotopic (exact) mass is 303 g/mol. The molecule has 0 aromatic heterocycles. The van der Waals surface area contributed by atoms with E-state index in [0.717, 1.165) is 11.4 Å². The van der Waals surface area contributed by atoms with Gasteiger partial charge in [-0.25, -0.2) is 4.99 Å². The summed E-state index contributed by atoms with van der Waals surface area (Å²) in [5.74, 6) is 0.601. The number of anilines is 1. The summed E-state index contributed by atoms with van der Waals surface area (Å²) in [7, 11) is 1.94. The number of amidine groups is 1. The van der Waals surface area contributed by atoms with Gasteiger partial charge in [-0.3, -0.25) is 0 Å². The van der Waals surface area contributed by atoms with Gasteiger partial charge in [-0.05, 0) is 24.3 Å². The smallest absolute Gasteiger partial charge is 0.173 e. The first-order chi connectivity index (χ1) is 10.7. The van der Waals surface area contributed by atoms with Crippen LogP contribution < -0.4 is 4.90 Å². The van der Waals surface area contributed by atoms with Crippen LogP contribution in [0.15, 0.2) is 51.8 Å². The maximum Gasteiger partial charge on any atom is 0.173 e. The Bertz CT molecular complexity index is 548. The summed E-state index contributed by atoms with van der Waals surface area (Å²) >= 11 is 0. The fourth-order valence-corrected chi connectivity index (χ4v) is 1.99. The SMILES string of the molecule is CN1C=CC(N=Nc2ccc(N(CCO)CCO)cc2)=NC1. The molecule has 0 saturated heterocycles. The zero-order valence-electron chi connectivity index (χ0n) is 12.6. The van der Waals surface area contributed by atoms with Gasteiger partial charge < -0.3 is 20.0 Å². The topological polar surface area (TPSA) is 84.0 Å². The van der Waals surface area contributed by atoms with Crippen molar-refractivity contribution in [3.8, 4) is 0 Å². The Balaban J connectivity index is 2.01. The predicted molar refractivity (Wildman–Crippen MR) is 86.5 cm³/mol. The molecule has 1 aliphatic heterocycles. The van der Waals surface area contributed by atoms with Crippen molar-refractivity contribution in [2.24, 2.45) is 15.2 Å². The van der Waals surface area contributed by atoms with Gasteiger partial charge >= 0.3 is 0 Å². The van der Waals surface area contributed by atoms with Crippen molar-refractivity contribution < 1.29 is 10.2 Å². The van der Waals surface area contributed by atoms with Crippen molar-refractivity contribution in [2.45, 2.75) is 0 Å². The third-order valence-electron chi connectivity index (χ3n) is 3.16. The van der Waals surface area contributed by atoms with Crippen LogP contribution >= 0.6 is 0 Å². The van der Waals surface area contributed by atoms with E-state index in [9.17, 15) is 0 Å². The predicted octanol–water partition coefficient (Wildman–Crippen LogP) is 1.38. The van der Waals surface area contributed by atoms with Crippen molar-refractivity contribution in [1.82, 2.24) is 4.90 Å². The molecule has 0 saturated carbocycles. The first kappa shape index (κ1) is 16.1. The lowest BCUT2D eigenvalue weighted by Gasteiger charge is -2.22. The molecule has 7 heteroatoms. The average molecular weight is 303 g/mol. The van der Waals surface area contributed by atoms with Crippen LogP contribution in [0.25, 0.3) is 0 Å². The van der Waals surface area contributed by atoms with Crippen LogP contribution in [0.5, 0.6) is 0 Å². The number of azo groups is 1. The highest BCUT2D eigenvalue weighted by Gasteiger charge is 2.05. The van der Waals surface area contributed by atoms with Crippen molar-refractivity contribution in [2.75, 3.05) is 44.9 Å². The molecule has 0 aliphatic carbocycles. The molecule has 1 aliphatic rings. The molecule has 2 N–H and O–H groups in total. The second-order valence-corrected chi connectivity index (χ2v) is 4.88. The van der Waals surface area contributed by atoms with Crippen molar-refractivity contribution in [3.63, 3.8) is 0 Å². The number of hydrogen-bond donors (Lipinski definition) is 2. The highest BCUT2D eigenvalue weighted by Crippen LogP contribution is 2.20. The zero-order valence-corrected chi connectivity index (χ0v) is 12.6. The molecule has 1 heterocycles. The van der Waals surface area contributed by atoms with Crippen LogP contribution in [0.2, 0.25) is 0 Å². The van der Waals surface area contributed by atoms with Gasteiger partial charge in [0.2, 0.25) is 0 Å². The van der Waals surface area contributed by atoms with E-state index in [0.29, 0.717) is 25.6 Å². The zero-order chi connectivity index (χ0) is 15.8. The normalized spacial score (nSPS) is 14.5. The van der Waals surface area contributed by atoms with Gasteiger partial charge in [0.15, 0.2) is 5.84 Å². The molecule has 7 nitrogen and oxygen atoms in total. The first-order valence-corrected chi connectivity index (χ1v) is 7.14. The summed E-state index contributed by atoms with van der Waals surface area (Å²) in [4.78, 5) is 8.11. The number of aliphatic hydroxyl groups is 2. The Labute approximate surface area is 129 Å².